The van der Waals surface area contributed by atoms with E-state index in [2.05, 4.69) is 11.8 Å². The van der Waals surface area contributed by atoms with E-state index in [0.29, 0.717) is 6.54 Å². The highest BCUT2D eigenvalue weighted by molar-refractivity contribution is 5.16. The summed E-state index contributed by atoms with van der Waals surface area (Å²) in [6.45, 7) is 3.83. The van der Waals surface area contributed by atoms with Crippen molar-refractivity contribution < 1.29 is 9.52 Å². The van der Waals surface area contributed by atoms with Crippen LogP contribution in [-0.2, 0) is 13.0 Å². The number of likely N-dealkylation sites (N-methyl/N-ethyl adjacent to an activating group) is 1. The van der Waals surface area contributed by atoms with E-state index in [1.807, 2.05) is 13.1 Å². The van der Waals surface area contributed by atoms with E-state index in [9.17, 15) is 0 Å². The van der Waals surface area contributed by atoms with Crippen LogP contribution in [0.3, 0.4) is 0 Å². The largest absolute Gasteiger partial charge is 0.469 e. The van der Waals surface area contributed by atoms with E-state index in [1.165, 1.54) is 5.56 Å². The van der Waals surface area contributed by atoms with Crippen molar-refractivity contribution >= 4 is 0 Å². The summed E-state index contributed by atoms with van der Waals surface area (Å²) in [5, 5.41) is 8.73. The van der Waals surface area contributed by atoms with Crippen LogP contribution in [0.25, 0.3) is 0 Å². The van der Waals surface area contributed by atoms with Gasteiger partial charge in [-0.15, -0.1) is 0 Å². The van der Waals surface area contributed by atoms with E-state index < -0.39 is 0 Å². The van der Waals surface area contributed by atoms with E-state index in [0.717, 1.165) is 18.7 Å². The summed E-state index contributed by atoms with van der Waals surface area (Å²) in [5.74, 6) is 1.05. The third kappa shape index (κ3) is 2.86. The van der Waals surface area contributed by atoms with Crippen LogP contribution in [0.5, 0.6) is 0 Å². The first-order valence-corrected chi connectivity index (χ1v) is 4.62. The number of aryl methyl sites for hydroxylation is 1. The highest BCUT2D eigenvalue weighted by atomic mass is 16.3. The second kappa shape index (κ2) is 5.04. The number of aliphatic hydroxyl groups excluding tert-OH is 1. The third-order valence-corrected chi connectivity index (χ3v) is 2.08. The molecule has 1 heterocycles. The Labute approximate surface area is 79.0 Å². The van der Waals surface area contributed by atoms with Crippen LogP contribution < -0.4 is 0 Å². The second-order valence-corrected chi connectivity index (χ2v) is 3.18. The highest BCUT2D eigenvalue weighted by Gasteiger charge is 2.06. The normalized spacial score (nSPS) is 11.1. The fourth-order valence-corrected chi connectivity index (χ4v) is 1.36. The van der Waals surface area contributed by atoms with Gasteiger partial charge in [0.15, 0.2) is 0 Å². The summed E-state index contributed by atoms with van der Waals surface area (Å²) < 4.78 is 5.30. The van der Waals surface area contributed by atoms with Gasteiger partial charge < -0.3 is 9.52 Å². The lowest BCUT2D eigenvalue weighted by Gasteiger charge is -2.14. The Morgan fingerprint density at radius 3 is 2.92 bits per heavy atom. The van der Waals surface area contributed by atoms with Crippen molar-refractivity contribution in [2.24, 2.45) is 0 Å². The summed E-state index contributed by atoms with van der Waals surface area (Å²) in [6, 6.07) is 1.99. The number of furan rings is 1. The van der Waals surface area contributed by atoms with Gasteiger partial charge in [-0.25, -0.2) is 0 Å². The Bertz CT molecular complexity index is 245. The van der Waals surface area contributed by atoms with E-state index in [1.54, 1.807) is 6.26 Å². The van der Waals surface area contributed by atoms with Gasteiger partial charge in [0.2, 0.25) is 0 Å². The summed E-state index contributed by atoms with van der Waals surface area (Å²) in [5.41, 5.74) is 1.22. The van der Waals surface area contributed by atoms with Crippen LogP contribution in [0.15, 0.2) is 16.7 Å². The molecule has 0 amide bonds. The Morgan fingerprint density at radius 2 is 2.31 bits per heavy atom. The first kappa shape index (κ1) is 10.3. The fraction of sp³-hybridized carbons (Fsp3) is 0.600. The van der Waals surface area contributed by atoms with Gasteiger partial charge >= 0.3 is 0 Å². The molecule has 13 heavy (non-hydrogen) atoms. The molecule has 74 valence electrons. The first-order chi connectivity index (χ1) is 6.27. The second-order valence-electron chi connectivity index (χ2n) is 3.18. The maximum atomic E-state index is 8.73. The van der Waals surface area contributed by atoms with E-state index in [4.69, 9.17) is 9.52 Å². The Morgan fingerprint density at radius 1 is 1.54 bits per heavy atom. The summed E-state index contributed by atoms with van der Waals surface area (Å²) in [7, 11) is 1.99. The average Bonchev–Trinajstić information content (AvgIpc) is 2.52. The quantitative estimate of drug-likeness (QED) is 0.746. The lowest BCUT2D eigenvalue weighted by molar-refractivity contribution is 0.216. The van der Waals surface area contributed by atoms with Crippen molar-refractivity contribution in [1.29, 1.82) is 0 Å². The molecule has 0 aromatic carbocycles. The predicted octanol–water partition coefficient (Wildman–Crippen LogP) is 1.27. The lowest BCUT2D eigenvalue weighted by atomic mass is 10.2. The summed E-state index contributed by atoms with van der Waals surface area (Å²) >= 11 is 0. The molecule has 0 saturated carbocycles. The van der Waals surface area contributed by atoms with Gasteiger partial charge in [0.25, 0.3) is 0 Å². The van der Waals surface area contributed by atoms with Crippen LogP contribution in [-0.4, -0.2) is 30.2 Å². The van der Waals surface area contributed by atoms with Gasteiger partial charge in [-0.2, -0.15) is 0 Å². The molecule has 3 heteroatoms. The highest BCUT2D eigenvalue weighted by Crippen LogP contribution is 2.12. The molecule has 3 nitrogen and oxygen atoms in total. The number of rotatable bonds is 5. The van der Waals surface area contributed by atoms with Crippen molar-refractivity contribution in [3.63, 3.8) is 0 Å². The third-order valence-electron chi connectivity index (χ3n) is 2.08. The minimum atomic E-state index is 0.204. The van der Waals surface area contributed by atoms with Crippen molar-refractivity contribution in [2.75, 3.05) is 20.2 Å². The maximum Gasteiger partial charge on any atom is 0.107 e. The van der Waals surface area contributed by atoms with E-state index in [-0.39, 0.29) is 6.61 Å². The van der Waals surface area contributed by atoms with Gasteiger partial charge in [0.05, 0.1) is 12.9 Å². The minimum Gasteiger partial charge on any atom is -0.469 e. The summed E-state index contributed by atoms with van der Waals surface area (Å²) in [4.78, 5) is 2.07. The maximum absolute atomic E-state index is 8.73. The van der Waals surface area contributed by atoms with Crippen molar-refractivity contribution in [3.05, 3.63) is 23.7 Å². The molecule has 1 N–H and O–H groups in total. The molecule has 0 atom stereocenters. The van der Waals surface area contributed by atoms with Crippen LogP contribution in [0.2, 0.25) is 0 Å². The molecule has 1 rings (SSSR count). The zero-order valence-electron chi connectivity index (χ0n) is 8.29. The molecule has 0 saturated heterocycles. The zero-order valence-corrected chi connectivity index (χ0v) is 8.29. The minimum absolute atomic E-state index is 0.204. The molecule has 1 aromatic heterocycles. The Hall–Kier alpha value is -0.800. The molecular formula is C10H17NO2. The topological polar surface area (TPSA) is 36.6 Å². The number of aliphatic hydroxyl groups is 1. The smallest absolute Gasteiger partial charge is 0.107 e. The lowest BCUT2D eigenvalue weighted by Crippen LogP contribution is -2.21. The molecule has 0 bridgehead atoms. The van der Waals surface area contributed by atoms with Gasteiger partial charge in [0, 0.05) is 25.1 Å². The van der Waals surface area contributed by atoms with E-state index >= 15 is 0 Å². The molecular weight excluding hydrogens is 166 g/mol. The van der Waals surface area contributed by atoms with Gasteiger partial charge in [0.1, 0.15) is 5.76 Å². The number of hydrogen-bond donors (Lipinski definition) is 1. The Balaban J connectivity index is 2.52. The van der Waals surface area contributed by atoms with Gasteiger partial charge in [-0.1, -0.05) is 6.92 Å². The van der Waals surface area contributed by atoms with Gasteiger partial charge in [-0.3, -0.25) is 4.90 Å². The molecule has 0 fully saturated rings. The standard InChI is InChI=1S/C10H17NO2/c1-3-10-9(4-7-13-10)8-11(2)5-6-12/h4,7,12H,3,5-6,8H2,1-2H3. The average molecular weight is 183 g/mol. The van der Waals surface area contributed by atoms with Crippen LogP contribution in [0, 0.1) is 0 Å². The zero-order chi connectivity index (χ0) is 9.68. The monoisotopic (exact) mass is 183 g/mol. The molecule has 0 spiro atoms. The fourth-order valence-electron chi connectivity index (χ4n) is 1.36. The molecule has 0 aliphatic heterocycles. The molecule has 1 aromatic rings. The van der Waals surface area contributed by atoms with Crippen molar-refractivity contribution in [3.8, 4) is 0 Å². The van der Waals surface area contributed by atoms with Gasteiger partial charge in [-0.05, 0) is 13.1 Å². The van der Waals surface area contributed by atoms with Crippen LogP contribution >= 0.6 is 0 Å². The van der Waals surface area contributed by atoms with Crippen LogP contribution in [0.1, 0.15) is 18.2 Å². The molecule has 0 unspecified atom stereocenters. The predicted molar refractivity (Wildman–Crippen MR) is 51.5 cm³/mol. The van der Waals surface area contributed by atoms with Crippen molar-refractivity contribution in [2.45, 2.75) is 19.9 Å². The first-order valence-electron chi connectivity index (χ1n) is 4.62. The Kier molecular flexibility index (Phi) is 3.99. The molecule has 0 radical (unpaired) electrons. The SMILES string of the molecule is CCc1occc1CN(C)CCO. The summed E-state index contributed by atoms with van der Waals surface area (Å²) in [6.07, 6.45) is 2.65. The number of nitrogens with zero attached hydrogens (tertiary/aromatic N) is 1. The molecule has 0 aliphatic rings. The van der Waals surface area contributed by atoms with Crippen molar-refractivity contribution in [1.82, 2.24) is 4.90 Å². The number of hydrogen-bond acceptors (Lipinski definition) is 3. The van der Waals surface area contributed by atoms with Crippen LogP contribution in [0.4, 0.5) is 0 Å². The molecule has 0 aliphatic carbocycles.